The van der Waals surface area contributed by atoms with Crippen molar-refractivity contribution in [3.05, 3.63) is 65.2 Å². The van der Waals surface area contributed by atoms with Crippen LogP contribution in [0.4, 0.5) is 5.69 Å². The quantitative estimate of drug-likeness (QED) is 0.495. The Kier molecular flexibility index (Phi) is 6.66. The molecule has 2 heteroatoms. The average molecular weight is 310 g/mol. The molecule has 0 aliphatic heterocycles. The summed E-state index contributed by atoms with van der Waals surface area (Å²) in [6.45, 7) is 6.61. The largest absolute Gasteiger partial charge is 0.399 e. The molecule has 0 radical (unpaired) electrons. The van der Waals surface area contributed by atoms with Gasteiger partial charge in [-0.2, -0.15) is 0 Å². The molecule has 3 N–H and O–H groups in total. The van der Waals surface area contributed by atoms with E-state index in [0.717, 1.165) is 12.1 Å². The second-order valence-electron chi connectivity index (χ2n) is 6.52. The van der Waals surface area contributed by atoms with E-state index in [9.17, 15) is 0 Å². The van der Waals surface area contributed by atoms with Crippen LogP contribution in [0.5, 0.6) is 0 Å². The number of hydrogen-bond acceptors (Lipinski definition) is 2. The zero-order valence-corrected chi connectivity index (χ0v) is 14.7. The lowest BCUT2D eigenvalue weighted by atomic mass is 9.97. The zero-order valence-electron chi connectivity index (χ0n) is 14.7. The van der Waals surface area contributed by atoms with Crippen molar-refractivity contribution in [3.63, 3.8) is 0 Å². The second-order valence-corrected chi connectivity index (χ2v) is 6.52. The Hall–Kier alpha value is -1.80. The maximum atomic E-state index is 5.98. The molecule has 2 unspecified atom stereocenters. The summed E-state index contributed by atoms with van der Waals surface area (Å²) in [6, 6.07) is 17.8. The van der Waals surface area contributed by atoms with Gasteiger partial charge in [-0.3, -0.25) is 0 Å². The molecule has 0 aliphatic rings. The highest BCUT2D eigenvalue weighted by atomic mass is 14.9. The van der Waals surface area contributed by atoms with Crippen LogP contribution in [0.15, 0.2) is 48.5 Å². The lowest BCUT2D eigenvalue weighted by Crippen LogP contribution is -2.25. The molecule has 2 rings (SSSR count). The van der Waals surface area contributed by atoms with E-state index in [2.05, 4.69) is 68.6 Å². The van der Waals surface area contributed by atoms with Gasteiger partial charge in [0, 0.05) is 17.8 Å². The summed E-state index contributed by atoms with van der Waals surface area (Å²) in [4.78, 5) is 0. The third kappa shape index (κ3) is 5.40. The monoisotopic (exact) mass is 310 g/mol. The topological polar surface area (TPSA) is 38.0 Å². The van der Waals surface area contributed by atoms with E-state index in [1.807, 2.05) is 6.07 Å². The Morgan fingerprint density at radius 1 is 1.00 bits per heavy atom. The van der Waals surface area contributed by atoms with Gasteiger partial charge in [0.1, 0.15) is 0 Å². The van der Waals surface area contributed by atoms with Crippen LogP contribution in [-0.4, -0.2) is 0 Å². The van der Waals surface area contributed by atoms with Crippen molar-refractivity contribution in [1.29, 1.82) is 0 Å². The third-order valence-electron chi connectivity index (χ3n) is 4.44. The van der Waals surface area contributed by atoms with Crippen LogP contribution in [0.2, 0.25) is 0 Å². The Labute approximate surface area is 141 Å². The summed E-state index contributed by atoms with van der Waals surface area (Å²) in [5.41, 5.74) is 10.7. The van der Waals surface area contributed by atoms with Gasteiger partial charge >= 0.3 is 0 Å². The molecule has 0 saturated carbocycles. The fraction of sp³-hybridized carbons (Fsp3) is 0.429. The molecular weight excluding hydrogens is 280 g/mol. The van der Waals surface area contributed by atoms with Crippen LogP contribution < -0.4 is 11.1 Å². The highest BCUT2D eigenvalue weighted by Crippen LogP contribution is 2.25. The normalized spacial score (nSPS) is 13.7. The van der Waals surface area contributed by atoms with Crippen molar-refractivity contribution >= 4 is 5.69 Å². The summed E-state index contributed by atoms with van der Waals surface area (Å²) in [5, 5.41) is 3.80. The van der Waals surface area contributed by atoms with Crippen LogP contribution in [0, 0.1) is 6.92 Å². The van der Waals surface area contributed by atoms with Gasteiger partial charge in [-0.15, -0.1) is 0 Å². The van der Waals surface area contributed by atoms with Crippen LogP contribution >= 0.6 is 0 Å². The number of nitrogens with one attached hydrogen (secondary N) is 1. The first-order chi connectivity index (χ1) is 11.1. The summed E-state index contributed by atoms with van der Waals surface area (Å²) in [6.07, 6.45) is 4.91. The molecule has 0 aromatic heterocycles. The molecule has 23 heavy (non-hydrogen) atoms. The highest BCUT2D eigenvalue weighted by Gasteiger charge is 2.15. The van der Waals surface area contributed by atoms with Gasteiger partial charge in [-0.25, -0.2) is 0 Å². The molecule has 2 aromatic rings. The van der Waals surface area contributed by atoms with Gasteiger partial charge in [-0.05, 0) is 43.5 Å². The molecule has 2 nitrogen and oxygen atoms in total. The van der Waals surface area contributed by atoms with Gasteiger partial charge < -0.3 is 11.1 Å². The fourth-order valence-corrected chi connectivity index (χ4v) is 2.97. The minimum absolute atomic E-state index is 0.323. The van der Waals surface area contributed by atoms with Crippen LogP contribution in [0.1, 0.15) is 68.3 Å². The smallest absolute Gasteiger partial charge is 0.0326 e. The fourth-order valence-electron chi connectivity index (χ4n) is 2.97. The molecule has 0 bridgehead atoms. The van der Waals surface area contributed by atoms with Crippen molar-refractivity contribution in [1.82, 2.24) is 5.32 Å². The molecule has 2 atom stereocenters. The standard InChI is InChI=1S/C21H30N2/c1-4-5-6-10-21(19-8-7-9-20(22)15-19)23-17(3)18-13-11-16(2)12-14-18/h7-9,11-15,17,21,23H,4-6,10,22H2,1-3H3. The Bertz CT molecular complexity index is 589. The second kappa shape index (κ2) is 8.73. The van der Waals surface area contributed by atoms with Gasteiger partial charge in [0.15, 0.2) is 0 Å². The summed E-state index contributed by atoms with van der Waals surface area (Å²) in [5.74, 6) is 0. The van der Waals surface area contributed by atoms with E-state index < -0.39 is 0 Å². The molecule has 0 spiro atoms. The molecule has 0 heterocycles. The van der Waals surface area contributed by atoms with Crippen molar-refractivity contribution in [2.45, 2.75) is 58.5 Å². The lowest BCUT2D eigenvalue weighted by molar-refractivity contribution is 0.427. The molecular formula is C21H30N2. The molecule has 0 aliphatic carbocycles. The number of nitrogens with two attached hydrogens (primary N) is 1. The van der Waals surface area contributed by atoms with Crippen molar-refractivity contribution < 1.29 is 0 Å². The highest BCUT2D eigenvalue weighted by molar-refractivity contribution is 5.41. The molecule has 2 aromatic carbocycles. The SMILES string of the molecule is CCCCCC(NC(C)c1ccc(C)cc1)c1cccc(N)c1. The first kappa shape index (κ1) is 17.6. The average Bonchev–Trinajstić information content (AvgIpc) is 2.54. The van der Waals surface area contributed by atoms with E-state index in [1.54, 1.807) is 0 Å². The number of benzene rings is 2. The van der Waals surface area contributed by atoms with Gasteiger partial charge in [0.2, 0.25) is 0 Å². The summed E-state index contributed by atoms with van der Waals surface area (Å²) in [7, 11) is 0. The first-order valence-corrected chi connectivity index (χ1v) is 8.78. The number of nitrogen functional groups attached to an aromatic ring is 1. The van der Waals surface area contributed by atoms with Crippen molar-refractivity contribution in [2.75, 3.05) is 5.73 Å². The minimum Gasteiger partial charge on any atom is -0.399 e. The van der Waals surface area contributed by atoms with E-state index in [-0.39, 0.29) is 0 Å². The lowest BCUT2D eigenvalue weighted by Gasteiger charge is -2.25. The van der Waals surface area contributed by atoms with E-state index in [0.29, 0.717) is 12.1 Å². The van der Waals surface area contributed by atoms with Gasteiger partial charge in [0.05, 0.1) is 0 Å². The third-order valence-corrected chi connectivity index (χ3v) is 4.44. The minimum atomic E-state index is 0.323. The number of unbranched alkanes of at least 4 members (excludes halogenated alkanes) is 2. The summed E-state index contributed by atoms with van der Waals surface area (Å²) < 4.78 is 0. The van der Waals surface area contributed by atoms with Crippen LogP contribution in [0.3, 0.4) is 0 Å². The summed E-state index contributed by atoms with van der Waals surface area (Å²) >= 11 is 0. The Balaban J connectivity index is 2.11. The van der Waals surface area contributed by atoms with E-state index in [1.165, 1.54) is 36.0 Å². The Morgan fingerprint density at radius 2 is 1.74 bits per heavy atom. The van der Waals surface area contributed by atoms with Crippen molar-refractivity contribution in [3.8, 4) is 0 Å². The predicted octanol–water partition coefficient (Wildman–Crippen LogP) is 5.55. The first-order valence-electron chi connectivity index (χ1n) is 8.78. The molecule has 0 fully saturated rings. The zero-order chi connectivity index (χ0) is 16.7. The maximum Gasteiger partial charge on any atom is 0.0326 e. The van der Waals surface area contributed by atoms with E-state index in [4.69, 9.17) is 5.73 Å². The van der Waals surface area contributed by atoms with Gasteiger partial charge in [-0.1, -0.05) is 68.1 Å². The van der Waals surface area contributed by atoms with Crippen LogP contribution in [0.25, 0.3) is 0 Å². The number of anilines is 1. The predicted molar refractivity (Wildman–Crippen MR) is 100 cm³/mol. The molecule has 0 saturated heterocycles. The molecule has 124 valence electrons. The molecule has 0 amide bonds. The Morgan fingerprint density at radius 3 is 2.39 bits per heavy atom. The number of hydrogen-bond donors (Lipinski definition) is 2. The number of rotatable bonds is 8. The maximum absolute atomic E-state index is 5.98. The number of aryl methyl sites for hydroxylation is 1. The van der Waals surface area contributed by atoms with Gasteiger partial charge in [0.25, 0.3) is 0 Å². The van der Waals surface area contributed by atoms with Crippen LogP contribution in [-0.2, 0) is 0 Å². The van der Waals surface area contributed by atoms with Crippen molar-refractivity contribution in [2.24, 2.45) is 0 Å². The van der Waals surface area contributed by atoms with E-state index >= 15 is 0 Å².